The van der Waals surface area contributed by atoms with Crippen LogP contribution < -0.4 is 5.73 Å². The molecular formula is C16H28N6O2. The Kier molecular flexibility index (Phi) is 5.47. The fraction of sp³-hybridized carbons (Fsp3) is 0.812. The molecule has 0 radical (unpaired) electrons. The molecule has 2 aliphatic rings. The molecule has 8 heteroatoms. The summed E-state index contributed by atoms with van der Waals surface area (Å²) in [6, 6.07) is 0. The van der Waals surface area contributed by atoms with Crippen molar-refractivity contribution in [3.63, 3.8) is 0 Å². The second-order valence-corrected chi connectivity index (χ2v) is 7.06. The molecule has 0 aliphatic carbocycles. The van der Waals surface area contributed by atoms with Gasteiger partial charge in [0.25, 0.3) is 0 Å². The summed E-state index contributed by atoms with van der Waals surface area (Å²) < 4.78 is 2.12. The second kappa shape index (κ2) is 7.58. The van der Waals surface area contributed by atoms with Crippen LogP contribution in [0, 0.1) is 0 Å². The molecule has 0 saturated carbocycles. The van der Waals surface area contributed by atoms with E-state index in [1.54, 1.807) is 0 Å². The quantitative estimate of drug-likeness (QED) is 0.747. The first kappa shape index (κ1) is 17.3. The number of aliphatic hydroxyl groups is 1. The minimum atomic E-state index is -0.263. The molecule has 2 fully saturated rings. The molecule has 1 aromatic rings. The number of aliphatic hydroxyl groups excluding tert-OH is 1. The van der Waals surface area contributed by atoms with E-state index in [4.69, 9.17) is 5.73 Å². The van der Waals surface area contributed by atoms with Gasteiger partial charge in [-0.05, 0) is 38.8 Å². The Bertz CT molecular complexity index is 559. The SMILES string of the molecule is Cn1c(CN2CCC(O)CC2)nnc1C1CCN(CC(N)=O)CC1. The van der Waals surface area contributed by atoms with Gasteiger partial charge in [-0.3, -0.25) is 14.6 Å². The van der Waals surface area contributed by atoms with E-state index in [9.17, 15) is 9.90 Å². The van der Waals surface area contributed by atoms with Crippen LogP contribution in [-0.2, 0) is 18.4 Å². The predicted octanol–water partition coefficient (Wildman–Crippen LogP) is -0.563. The van der Waals surface area contributed by atoms with Gasteiger partial charge in [0, 0.05) is 26.1 Å². The summed E-state index contributed by atoms with van der Waals surface area (Å²) in [5.74, 6) is 2.16. The molecule has 0 unspecified atom stereocenters. The molecule has 3 heterocycles. The first-order valence-electron chi connectivity index (χ1n) is 8.82. The molecule has 2 aliphatic heterocycles. The molecule has 0 aromatic carbocycles. The highest BCUT2D eigenvalue weighted by molar-refractivity contribution is 5.75. The monoisotopic (exact) mass is 336 g/mol. The third-order valence-electron chi connectivity index (χ3n) is 5.25. The number of rotatable bonds is 5. The first-order chi connectivity index (χ1) is 11.5. The molecule has 0 bridgehead atoms. The Labute approximate surface area is 142 Å². The zero-order valence-corrected chi connectivity index (χ0v) is 14.4. The highest BCUT2D eigenvalue weighted by atomic mass is 16.3. The molecule has 8 nitrogen and oxygen atoms in total. The molecule has 1 amide bonds. The van der Waals surface area contributed by atoms with Gasteiger partial charge in [0.2, 0.25) is 5.91 Å². The average molecular weight is 336 g/mol. The van der Waals surface area contributed by atoms with Crippen molar-refractivity contribution in [1.82, 2.24) is 24.6 Å². The number of aromatic nitrogens is 3. The standard InChI is InChI=1S/C16H28N6O2/c1-20-15(11-22-8-4-13(23)5-9-22)18-19-16(20)12-2-6-21(7-3-12)10-14(17)24/h12-13,23H,2-11H2,1H3,(H2,17,24). The van der Waals surface area contributed by atoms with Gasteiger partial charge in [0.1, 0.15) is 11.6 Å². The van der Waals surface area contributed by atoms with E-state index in [1.807, 2.05) is 7.05 Å². The third kappa shape index (κ3) is 4.12. The summed E-state index contributed by atoms with van der Waals surface area (Å²) in [4.78, 5) is 15.5. The predicted molar refractivity (Wildman–Crippen MR) is 89.1 cm³/mol. The van der Waals surface area contributed by atoms with Crippen molar-refractivity contribution in [3.8, 4) is 0 Å². The van der Waals surface area contributed by atoms with Gasteiger partial charge >= 0.3 is 0 Å². The molecule has 1 aromatic heterocycles. The number of hydrogen-bond donors (Lipinski definition) is 2. The summed E-state index contributed by atoms with van der Waals surface area (Å²) >= 11 is 0. The van der Waals surface area contributed by atoms with Gasteiger partial charge in [-0.1, -0.05) is 0 Å². The fourth-order valence-electron chi connectivity index (χ4n) is 3.72. The molecule has 3 rings (SSSR count). The highest BCUT2D eigenvalue weighted by Gasteiger charge is 2.26. The number of primary amides is 1. The van der Waals surface area contributed by atoms with Gasteiger partial charge in [-0.25, -0.2) is 0 Å². The van der Waals surface area contributed by atoms with Crippen LogP contribution in [0.15, 0.2) is 0 Å². The van der Waals surface area contributed by atoms with Crippen molar-refractivity contribution in [2.75, 3.05) is 32.7 Å². The van der Waals surface area contributed by atoms with Crippen molar-refractivity contribution in [2.45, 2.75) is 44.2 Å². The van der Waals surface area contributed by atoms with Crippen LogP contribution in [0.2, 0.25) is 0 Å². The summed E-state index contributed by atoms with van der Waals surface area (Å²) in [7, 11) is 2.04. The second-order valence-electron chi connectivity index (χ2n) is 7.06. The lowest BCUT2D eigenvalue weighted by Crippen LogP contribution is -2.39. The van der Waals surface area contributed by atoms with Gasteiger partial charge in [0.15, 0.2) is 0 Å². The largest absolute Gasteiger partial charge is 0.393 e. The van der Waals surface area contributed by atoms with Crippen molar-refractivity contribution in [3.05, 3.63) is 11.6 Å². The lowest BCUT2D eigenvalue weighted by molar-refractivity contribution is -0.119. The number of nitrogens with two attached hydrogens (primary N) is 1. The van der Waals surface area contributed by atoms with Crippen LogP contribution in [-0.4, -0.2) is 74.4 Å². The Balaban J connectivity index is 1.56. The van der Waals surface area contributed by atoms with Crippen LogP contribution in [0.25, 0.3) is 0 Å². The lowest BCUT2D eigenvalue weighted by atomic mass is 9.96. The topological polar surface area (TPSA) is 101 Å². The number of piperidine rings is 2. The zero-order chi connectivity index (χ0) is 17.1. The Morgan fingerprint density at radius 3 is 2.38 bits per heavy atom. The fourth-order valence-corrected chi connectivity index (χ4v) is 3.72. The summed E-state index contributed by atoms with van der Waals surface area (Å²) in [6.45, 7) is 4.71. The molecule has 2 saturated heterocycles. The molecule has 0 spiro atoms. The maximum absolute atomic E-state index is 11.0. The zero-order valence-electron chi connectivity index (χ0n) is 14.4. The van der Waals surface area contributed by atoms with Crippen LogP contribution >= 0.6 is 0 Å². The van der Waals surface area contributed by atoms with E-state index in [2.05, 4.69) is 24.6 Å². The smallest absolute Gasteiger partial charge is 0.231 e. The molecule has 3 N–H and O–H groups in total. The number of hydrogen-bond acceptors (Lipinski definition) is 6. The third-order valence-corrected chi connectivity index (χ3v) is 5.25. The Morgan fingerprint density at radius 2 is 1.75 bits per heavy atom. The van der Waals surface area contributed by atoms with Crippen molar-refractivity contribution >= 4 is 5.91 Å². The van der Waals surface area contributed by atoms with Crippen molar-refractivity contribution in [2.24, 2.45) is 12.8 Å². The van der Waals surface area contributed by atoms with E-state index < -0.39 is 0 Å². The van der Waals surface area contributed by atoms with Gasteiger partial charge in [-0.2, -0.15) is 0 Å². The number of carbonyl (C=O) groups excluding carboxylic acids is 1. The number of nitrogens with zero attached hydrogens (tertiary/aromatic N) is 5. The van der Waals surface area contributed by atoms with E-state index in [1.165, 1.54) is 0 Å². The Hall–Kier alpha value is -1.51. The van der Waals surface area contributed by atoms with Gasteiger partial charge < -0.3 is 15.4 Å². The van der Waals surface area contributed by atoms with Crippen LogP contribution in [0.3, 0.4) is 0 Å². The number of amides is 1. The van der Waals surface area contributed by atoms with Crippen LogP contribution in [0.5, 0.6) is 0 Å². The minimum Gasteiger partial charge on any atom is -0.393 e. The average Bonchev–Trinajstić information content (AvgIpc) is 2.91. The lowest BCUT2D eigenvalue weighted by Gasteiger charge is -2.31. The van der Waals surface area contributed by atoms with Crippen molar-refractivity contribution < 1.29 is 9.90 Å². The van der Waals surface area contributed by atoms with E-state index in [0.29, 0.717) is 12.5 Å². The maximum Gasteiger partial charge on any atom is 0.231 e. The number of carbonyl (C=O) groups is 1. The first-order valence-corrected chi connectivity index (χ1v) is 8.82. The van der Waals surface area contributed by atoms with E-state index >= 15 is 0 Å². The number of likely N-dealkylation sites (tertiary alicyclic amines) is 2. The molecule has 134 valence electrons. The Morgan fingerprint density at radius 1 is 1.12 bits per heavy atom. The van der Waals surface area contributed by atoms with Crippen LogP contribution in [0.4, 0.5) is 0 Å². The molecule has 0 atom stereocenters. The van der Waals surface area contributed by atoms with Crippen LogP contribution in [0.1, 0.15) is 43.3 Å². The summed E-state index contributed by atoms with van der Waals surface area (Å²) in [5, 5.41) is 18.4. The van der Waals surface area contributed by atoms with E-state index in [0.717, 1.165) is 70.1 Å². The maximum atomic E-state index is 11.0. The van der Waals surface area contributed by atoms with Gasteiger partial charge in [0.05, 0.1) is 19.2 Å². The van der Waals surface area contributed by atoms with Gasteiger partial charge in [-0.15, -0.1) is 10.2 Å². The summed E-state index contributed by atoms with van der Waals surface area (Å²) in [5.41, 5.74) is 5.27. The normalized spacial score (nSPS) is 22.1. The highest BCUT2D eigenvalue weighted by Crippen LogP contribution is 2.27. The molecule has 24 heavy (non-hydrogen) atoms. The summed E-state index contributed by atoms with van der Waals surface area (Å²) in [6.07, 6.45) is 3.48. The molecular weight excluding hydrogens is 308 g/mol. The van der Waals surface area contributed by atoms with E-state index in [-0.39, 0.29) is 12.0 Å². The minimum absolute atomic E-state index is 0.151. The van der Waals surface area contributed by atoms with Crippen molar-refractivity contribution in [1.29, 1.82) is 0 Å².